The van der Waals surface area contributed by atoms with Crippen LogP contribution in [0.25, 0.3) is 6.08 Å². The summed E-state index contributed by atoms with van der Waals surface area (Å²) in [7, 11) is 0. The Morgan fingerprint density at radius 3 is 2.77 bits per heavy atom. The number of nitrogens with one attached hydrogen (secondary N) is 2. The molecule has 0 aliphatic heterocycles. The van der Waals surface area contributed by atoms with Gasteiger partial charge in [-0.2, -0.15) is 0 Å². The number of carbonyl (C=O) groups is 2. The van der Waals surface area contributed by atoms with Crippen molar-refractivity contribution in [2.75, 3.05) is 11.9 Å². The van der Waals surface area contributed by atoms with Gasteiger partial charge in [0, 0.05) is 6.08 Å². The molecule has 2 N–H and O–H groups in total. The lowest BCUT2D eigenvalue weighted by molar-refractivity contribution is -0.111. The molecular weight excluding hydrogens is 280 g/mol. The minimum Gasteiger partial charge on any atom is -0.465 e. The van der Waals surface area contributed by atoms with Crippen LogP contribution in [-0.4, -0.2) is 18.4 Å². The Kier molecular flexibility index (Phi) is 5.16. The van der Waals surface area contributed by atoms with Crippen molar-refractivity contribution in [3.8, 4) is 12.3 Å². The number of hydrogen-bond acceptors (Lipinski definition) is 3. The molecule has 0 fully saturated rings. The predicted octanol–water partition coefficient (Wildman–Crippen LogP) is 2.29. The second kappa shape index (κ2) is 7.50. The molecule has 0 saturated heterocycles. The van der Waals surface area contributed by atoms with Crippen molar-refractivity contribution >= 4 is 23.6 Å². The summed E-state index contributed by atoms with van der Waals surface area (Å²) >= 11 is 0. The van der Waals surface area contributed by atoms with E-state index in [-0.39, 0.29) is 18.4 Å². The lowest BCUT2D eigenvalue weighted by atomic mass is 10.1. The number of para-hydroxylation sites is 1. The molecule has 2 amide bonds. The maximum absolute atomic E-state index is 12.0. The topological polar surface area (TPSA) is 71.3 Å². The summed E-state index contributed by atoms with van der Waals surface area (Å²) in [4.78, 5) is 23.9. The Morgan fingerprint density at radius 2 is 2.05 bits per heavy atom. The largest absolute Gasteiger partial charge is 0.465 e. The summed E-state index contributed by atoms with van der Waals surface area (Å²) in [5.74, 6) is 2.18. The monoisotopic (exact) mass is 294 g/mol. The van der Waals surface area contributed by atoms with Crippen LogP contribution in [0.4, 0.5) is 5.69 Å². The molecule has 2 aromatic rings. The summed E-state index contributed by atoms with van der Waals surface area (Å²) in [5.41, 5.74) is 0.753. The van der Waals surface area contributed by atoms with Gasteiger partial charge in [0.05, 0.1) is 24.1 Å². The lowest BCUT2D eigenvalue weighted by Gasteiger charge is -2.09. The van der Waals surface area contributed by atoms with E-state index in [2.05, 4.69) is 16.6 Å². The van der Waals surface area contributed by atoms with E-state index in [1.54, 1.807) is 36.4 Å². The maximum Gasteiger partial charge on any atom is 0.254 e. The van der Waals surface area contributed by atoms with E-state index in [1.807, 2.05) is 0 Å². The molecule has 22 heavy (non-hydrogen) atoms. The van der Waals surface area contributed by atoms with Crippen molar-refractivity contribution in [1.29, 1.82) is 0 Å². The zero-order valence-corrected chi connectivity index (χ0v) is 11.7. The van der Waals surface area contributed by atoms with Gasteiger partial charge in [0.15, 0.2) is 0 Å². The third-order valence-corrected chi connectivity index (χ3v) is 2.72. The van der Waals surface area contributed by atoms with Crippen molar-refractivity contribution in [2.24, 2.45) is 0 Å². The smallest absolute Gasteiger partial charge is 0.254 e. The van der Waals surface area contributed by atoms with Crippen molar-refractivity contribution in [3.63, 3.8) is 0 Å². The minimum absolute atomic E-state index is 0.125. The zero-order valence-electron chi connectivity index (χ0n) is 11.7. The van der Waals surface area contributed by atoms with Gasteiger partial charge < -0.3 is 15.1 Å². The van der Waals surface area contributed by atoms with Crippen LogP contribution in [0.1, 0.15) is 16.1 Å². The maximum atomic E-state index is 12.0. The van der Waals surface area contributed by atoms with Crippen LogP contribution in [0.5, 0.6) is 0 Å². The number of benzene rings is 1. The molecule has 1 heterocycles. The van der Waals surface area contributed by atoms with E-state index in [4.69, 9.17) is 10.8 Å². The first-order valence-corrected chi connectivity index (χ1v) is 6.54. The number of rotatable bonds is 5. The molecule has 1 aromatic heterocycles. The summed E-state index contributed by atoms with van der Waals surface area (Å²) in [6, 6.07) is 10.1. The highest BCUT2D eigenvalue weighted by molar-refractivity contribution is 6.07. The highest BCUT2D eigenvalue weighted by atomic mass is 16.3. The molecule has 2 rings (SSSR count). The zero-order chi connectivity index (χ0) is 15.8. The van der Waals surface area contributed by atoms with Crippen LogP contribution in [0.15, 0.2) is 53.2 Å². The summed E-state index contributed by atoms with van der Waals surface area (Å²) in [6.45, 7) is 0.125. The second-order valence-corrected chi connectivity index (χ2v) is 4.27. The predicted molar refractivity (Wildman–Crippen MR) is 84.0 cm³/mol. The Labute approximate surface area is 128 Å². The molecule has 0 bridgehead atoms. The number of furan rings is 1. The number of anilines is 1. The average molecular weight is 294 g/mol. The summed E-state index contributed by atoms with van der Waals surface area (Å²) in [6.07, 6.45) is 9.49. The van der Waals surface area contributed by atoms with Gasteiger partial charge in [-0.15, -0.1) is 6.42 Å². The van der Waals surface area contributed by atoms with Crippen LogP contribution >= 0.6 is 0 Å². The molecule has 1 aromatic carbocycles. The normalized spacial score (nSPS) is 10.1. The van der Waals surface area contributed by atoms with E-state index in [9.17, 15) is 9.59 Å². The molecule has 0 unspecified atom stereocenters. The fourth-order valence-corrected chi connectivity index (χ4v) is 1.73. The van der Waals surface area contributed by atoms with Crippen molar-refractivity contribution < 1.29 is 14.0 Å². The Morgan fingerprint density at radius 1 is 1.23 bits per heavy atom. The molecule has 0 aliphatic carbocycles. The van der Waals surface area contributed by atoms with Gasteiger partial charge in [-0.3, -0.25) is 9.59 Å². The third-order valence-electron chi connectivity index (χ3n) is 2.72. The minimum atomic E-state index is -0.367. The van der Waals surface area contributed by atoms with Crippen LogP contribution in [0.3, 0.4) is 0 Å². The fourth-order valence-electron chi connectivity index (χ4n) is 1.73. The summed E-state index contributed by atoms with van der Waals surface area (Å²) in [5, 5.41) is 5.21. The standard InChI is InChI=1S/C17H14N2O3/c1-2-11-18-17(21)14-7-3-4-8-15(14)19-16(20)10-9-13-6-5-12-22-13/h1,3-10,12H,11H2,(H,18,21)(H,19,20)/b10-9+. The first-order chi connectivity index (χ1) is 10.7. The first kappa shape index (κ1) is 15.1. The van der Waals surface area contributed by atoms with Gasteiger partial charge in [-0.25, -0.2) is 0 Å². The van der Waals surface area contributed by atoms with E-state index in [1.165, 1.54) is 18.4 Å². The van der Waals surface area contributed by atoms with Gasteiger partial charge in [0.25, 0.3) is 5.91 Å². The van der Waals surface area contributed by atoms with Crippen molar-refractivity contribution in [3.05, 3.63) is 60.1 Å². The van der Waals surface area contributed by atoms with Crippen LogP contribution in [-0.2, 0) is 4.79 Å². The molecule has 0 aliphatic rings. The highest BCUT2D eigenvalue weighted by Gasteiger charge is 2.11. The van der Waals surface area contributed by atoms with E-state index in [0.29, 0.717) is 17.0 Å². The van der Waals surface area contributed by atoms with Gasteiger partial charge >= 0.3 is 0 Å². The van der Waals surface area contributed by atoms with Crippen LogP contribution in [0, 0.1) is 12.3 Å². The fraction of sp³-hybridized carbons (Fsp3) is 0.0588. The molecule has 0 radical (unpaired) electrons. The SMILES string of the molecule is C#CCNC(=O)c1ccccc1NC(=O)/C=C/c1ccco1. The van der Waals surface area contributed by atoms with Crippen LogP contribution in [0.2, 0.25) is 0 Å². The highest BCUT2D eigenvalue weighted by Crippen LogP contribution is 2.15. The van der Waals surface area contributed by atoms with Gasteiger partial charge in [0.1, 0.15) is 5.76 Å². The second-order valence-electron chi connectivity index (χ2n) is 4.27. The van der Waals surface area contributed by atoms with Crippen molar-refractivity contribution in [1.82, 2.24) is 5.32 Å². The quantitative estimate of drug-likeness (QED) is 0.656. The molecule has 0 spiro atoms. The number of amides is 2. The van der Waals surface area contributed by atoms with Gasteiger partial charge in [0.2, 0.25) is 5.91 Å². The van der Waals surface area contributed by atoms with Crippen molar-refractivity contribution in [2.45, 2.75) is 0 Å². The number of carbonyl (C=O) groups excluding carboxylic acids is 2. The summed E-state index contributed by atoms with van der Waals surface area (Å²) < 4.78 is 5.09. The van der Waals surface area contributed by atoms with Crippen LogP contribution < -0.4 is 10.6 Å². The molecular formula is C17H14N2O3. The van der Waals surface area contributed by atoms with Gasteiger partial charge in [-0.1, -0.05) is 18.1 Å². The van der Waals surface area contributed by atoms with E-state index >= 15 is 0 Å². The molecule has 110 valence electrons. The molecule has 0 atom stereocenters. The Bertz CT molecular complexity index is 725. The molecule has 0 saturated carbocycles. The average Bonchev–Trinajstić information content (AvgIpc) is 3.04. The Hall–Kier alpha value is -3.26. The van der Waals surface area contributed by atoms with E-state index < -0.39 is 0 Å². The Balaban J connectivity index is 2.08. The van der Waals surface area contributed by atoms with E-state index in [0.717, 1.165) is 0 Å². The third kappa shape index (κ3) is 4.12. The number of terminal acetylenes is 1. The lowest BCUT2D eigenvalue weighted by Crippen LogP contribution is -2.25. The first-order valence-electron chi connectivity index (χ1n) is 6.54. The number of hydrogen-bond donors (Lipinski definition) is 2. The molecule has 5 nitrogen and oxygen atoms in total. The van der Waals surface area contributed by atoms with Gasteiger partial charge in [-0.05, 0) is 30.3 Å². The molecule has 5 heteroatoms.